The van der Waals surface area contributed by atoms with Gasteiger partial charge in [0.15, 0.2) is 0 Å². The van der Waals surface area contributed by atoms with Gasteiger partial charge in [-0.15, -0.1) is 11.3 Å². The highest BCUT2D eigenvalue weighted by molar-refractivity contribution is 9.11. The first-order chi connectivity index (χ1) is 10.1. The molecule has 0 unspecified atom stereocenters. The highest BCUT2D eigenvalue weighted by atomic mass is 79.9. The van der Waals surface area contributed by atoms with Crippen molar-refractivity contribution in [2.75, 3.05) is 18.5 Å². The van der Waals surface area contributed by atoms with Crippen LogP contribution in [0.2, 0.25) is 0 Å². The second-order valence-corrected chi connectivity index (χ2v) is 7.40. The molecule has 1 N–H and O–H groups in total. The molecule has 2 nitrogen and oxygen atoms in total. The number of anilines is 1. The predicted molar refractivity (Wildman–Crippen MR) is 92.5 cm³/mol. The van der Waals surface area contributed by atoms with Crippen LogP contribution in [0, 0.1) is 5.82 Å². The summed E-state index contributed by atoms with van der Waals surface area (Å²) in [7, 11) is 1.99. The van der Waals surface area contributed by atoms with Gasteiger partial charge in [-0.05, 0) is 69.7 Å². The fraction of sp³-hybridized carbons (Fsp3) is 0.375. The second-order valence-electron chi connectivity index (χ2n) is 5.11. The Bertz CT molecular complexity index is 585. The molecule has 0 fully saturated rings. The summed E-state index contributed by atoms with van der Waals surface area (Å²) in [6.45, 7) is 4.55. The highest BCUT2D eigenvalue weighted by Gasteiger charge is 2.07. The topological polar surface area (TPSA) is 15.3 Å². The van der Waals surface area contributed by atoms with Crippen molar-refractivity contribution in [1.82, 2.24) is 5.32 Å². The number of nitrogens with zero attached hydrogens (tertiary/aromatic N) is 1. The molecule has 2 aromatic rings. The summed E-state index contributed by atoms with van der Waals surface area (Å²) in [5.41, 5.74) is 3.12. The highest BCUT2D eigenvalue weighted by Crippen LogP contribution is 2.24. The minimum Gasteiger partial charge on any atom is -0.370 e. The number of benzene rings is 1. The quantitative estimate of drug-likeness (QED) is 0.705. The molecule has 0 bridgehead atoms. The zero-order valence-electron chi connectivity index (χ0n) is 12.3. The standard InChI is InChI=1S/C16H20BrFN2S/c1-3-4-19-9-12-5-14(18)8-15(6-12)20(2)10-13-7-16(17)21-11-13/h5-8,11,19H,3-4,9-10H2,1-2H3. The molecule has 1 aromatic heterocycles. The average molecular weight is 371 g/mol. The van der Waals surface area contributed by atoms with Crippen molar-refractivity contribution in [2.24, 2.45) is 0 Å². The van der Waals surface area contributed by atoms with E-state index in [1.807, 2.05) is 13.1 Å². The minimum absolute atomic E-state index is 0.181. The van der Waals surface area contributed by atoms with Crippen LogP contribution in [0.1, 0.15) is 24.5 Å². The van der Waals surface area contributed by atoms with E-state index in [9.17, 15) is 4.39 Å². The summed E-state index contributed by atoms with van der Waals surface area (Å²) >= 11 is 5.14. The molecule has 0 saturated carbocycles. The van der Waals surface area contributed by atoms with E-state index in [1.165, 1.54) is 5.56 Å². The molecule has 0 radical (unpaired) electrons. The van der Waals surface area contributed by atoms with Crippen LogP contribution in [0.15, 0.2) is 33.4 Å². The average Bonchev–Trinajstić information content (AvgIpc) is 2.84. The fourth-order valence-electron chi connectivity index (χ4n) is 2.16. The maximum absolute atomic E-state index is 13.8. The van der Waals surface area contributed by atoms with Gasteiger partial charge in [-0.2, -0.15) is 0 Å². The molecule has 21 heavy (non-hydrogen) atoms. The van der Waals surface area contributed by atoms with Crippen LogP contribution < -0.4 is 10.2 Å². The van der Waals surface area contributed by atoms with Gasteiger partial charge in [0, 0.05) is 25.8 Å². The van der Waals surface area contributed by atoms with Gasteiger partial charge in [0.2, 0.25) is 0 Å². The maximum Gasteiger partial charge on any atom is 0.125 e. The summed E-state index contributed by atoms with van der Waals surface area (Å²) in [6, 6.07) is 7.34. The molecule has 0 aliphatic carbocycles. The van der Waals surface area contributed by atoms with Crippen molar-refractivity contribution in [1.29, 1.82) is 0 Å². The third kappa shape index (κ3) is 5.09. The summed E-state index contributed by atoms with van der Waals surface area (Å²) in [6.07, 6.45) is 1.08. The van der Waals surface area contributed by atoms with Crippen LogP contribution in [-0.4, -0.2) is 13.6 Å². The Morgan fingerprint density at radius 2 is 2.05 bits per heavy atom. The Hall–Kier alpha value is -0.910. The predicted octanol–water partition coefficient (Wildman–Crippen LogP) is 4.79. The van der Waals surface area contributed by atoms with Crippen molar-refractivity contribution in [3.63, 3.8) is 0 Å². The number of nitrogens with one attached hydrogen (secondary N) is 1. The van der Waals surface area contributed by atoms with Gasteiger partial charge in [-0.3, -0.25) is 0 Å². The molecule has 0 spiro atoms. The molecule has 2 rings (SSSR count). The first-order valence-electron chi connectivity index (χ1n) is 7.02. The molecule has 114 valence electrons. The summed E-state index contributed by atoms with van der Waals surface area (Å²) < 4.78 is 14.9. The third-order valence-electron chi connectivity index (χ3n) is 3.18. The fourth-order valence-corrected chi connectivity index (χ4v) is 3.36. The number of rotatable bonds is 7. The van der Waals surface area contributed by atoms with Crippen molar-refractivity contribution in [3.05, 3.63) is 50.4 Å². The molecular formula is C16H20BrFN2S. The van der Waals surface area contributed by atoms with Crippen LogP contribution in [-0.2, 0) is 13.1 Å². The maximum atomic E-state index is 13.8. The van der Waals surface area contributed by atoms with Gasteiger partial charge in [-0.25, -0.2) is 4.39 Å². The molecule has 0 atom stereocenters. The molecule has 0 saturated heterocycles. The van der Waals surface area contributed by atoms with Crippen LogP contribution in [0.25, 0.3) is 0 Å². The van der Waals surface area contributed by atoms with Crippen LogP contribution in [0.5, 0.6) is 0 Å². The van der Waals surface area contributed by atoms with E-state index in [1.54, 1.807) is 23.5 Å². The van der Waals surface area contributed by atoms with Crippen LogP contribution in [0.4, 0.5) is 10.1 Å². The lowest BCUT2D eigenvalue weighted by Crippen LogP contribution is -2.18. The summed E-state index contributed by atoms with van der Waals surface area (Å²) in [4.78, 5) is 2.07. The zero-order chi connectivity index (χ0) is 15.2. The molecule has 0 aliphatic heterocycles. The lowest BCUT2D eigenvalue weighted by atomic mass is 10.1. The van der Waals surface area contributed by atoms with Crippen molar-refractivity contribution < 1.29 is 4.39 Å². The van der Waals surface area contributed by atoms with Gasteiger partial charge >= 0.3 is 0 Å². The number of hydrogen-bond donors (Lipinski definition) is 1. The van der Waals surface area contributed by atoms with E-state index in [4.69, 9.17) is 0 Å². The molecular weight excluding hydrogens is 351 g/mol. The number of thiophene rings is 1. The Morgan fingerprint density at radius 3 is 2.71 bits per heavy atom. The Kier molecular flexibility index (Phi) is 6.21. The van der Waals surface area contributed by atoms with Crippen LogP contribution in [0.3, 0.4) is 0 Å². The van der Waals surface area contributed by atoms with E-state index in [-0.39, 0.29) is 5.82 Å². The molecule has 1 aromatic carbocycles. The smallest absolute Gasteiger partial charge is 0.125 e. The monoisotopic (exact) mass is 370 g/mol. The number of hydrogen-bond acceptors (Lipinski definition) is 3. The number of halogens is 2. The molecule has 1 heterocycles. The Balaban J connectivity index is 2.07. The van der Waals surface area contributed by atoms with E-state index in [2.05, 4.69) is 44.5 Å². The second kappa shape index (κ2) is 7.92. The SMILES string of the molecule is CCCNCc1cc(F)cc(N(C)Cc2csc(Br)c2)c1. The van der Waals surface area contributed by atoms with Crippen LogP contribution >= 0.6 is 27.3 Å². The lowest BCUT2D eigenvalue weighted by Gasteiger charge is -2.20. The van der Waals surface area contributed by atoms with Gasteiger partial charge in [-0.1, -0.05) is 6.92 Å². The zero-order valence-corrected chi connectivity index (χ0v) is 14.7. The summed E-state index contributed by atoms with van der Waals surface area (Å²) in [5, 5.41) is 5.42. The Labute approximate surface area is 138 Å². The normalized spacial score (nSPS) is 10.9. The molecule has 0 aliphatic rings. The largest absolute Gasteiger partial charge is 0.370 e. The lowest BCUT2D eigenvalue weighted by molar-refractivity contribution is 0.618. The first kappa shape index (κ1) is 16.5. The van der Waals surface area contributed by atoms with Crippen molar-refractivity contribution in [3.8, 4) is 0 Å². The van der Waals surface area contributed by atoms with E-state index in [0.717, 1.165) is 34.5 Å². The van der Waals surface area contributed by atoms with Crippen molar-refractivity contribution in [2.45, 2.75) is 26.4 Å². The van der Waals surface area contributed by atoms with Gasteiger partial charge < -0.3 is 10.2 Å². The molecule has 5 heteroatoms. The van der Waals surface area contributed by atoms with Gasteiger partial charge in [0.25, 0.3) is 0 Å². The van der Waals surface area contributed by atoms with E-state index >= 15 is 0 Å². The Morgan fingerprint density at radius 1 is 1.24 bits per heavy atom. The van der Waals surface area contributed by atoms with E-state index < -0.39 is 0 Å². The summed E-state index contributed by atoms with van der Waals surface area (Å²) in [5.74, 6) is -0.181. The minimum atomic E-state index is -0.181. The van der Waals surface area contributed by atoms with Gasteiger partial charge in [0.1, 0.15) is 5.82 Å². The first-order valence-corrected chi connectivity index (χ1v) is 8.70. The van der Waals surface area contributed by atoms with E-state index in [0.29, 0.717) is 6.54 Å². The molecule has 0 amide bonds. The third-order valence-corrected chi connectivity index (χ3v) is 4.73. The van der Waals surface area contributed by atoms with Crippen molar-refractivity contribution >= 4 is 33.0 Å². The van der Waals surface area contributed by atoms with Gasteiger partial charge in [0.05, 0.1) is 3.79 Å².